The molecule has 19 heavy (non-hydrogen) atoms. The lowest BCUT2D eigenvalue weighted by Gasteiger charge is -2.15. The molecular formula is C15H19BrN2S. The fraction of sp³-hybridized carbons (Fsp3) is 0.400. The van der Waals surface area contributed by atoms with Crippen LogP contribution in [0.2, 0.25) is 0 Å². The summed E-state index contributed by atoms with van der Waals surface area (Å²) in [5, 5.41) is 4.53. The zero-order valence-electron chi connectivity index (χ0n) is 11.7. The number of nitrogens with one attached hydrogen (secondary N) is 1. The van der Waals surface area contributed by atoms with Gasteiger partial charge in [-0.15, -0.1) is 11.3 Å². The van der Waals surface area contributed by atoms with Crippen LogP contribution in [0.3, 0.4) is 0 Å². The number of aryl methyl sites for hydroxylation is 3. The van der Waals surface area contributed by atoms with E-state index in [-0.39, 0.29) is 6.04 Å². The second-order valence-electron chi connectivity index (χ2n) is 4.64. The number of thiazole rings is 1. The number of hydrogen-bond donors (Lipinski definition) is 1. The van der Waals surface area contributed by atoms with Crippen LogP contribution in [0.5, 0.6) is 0 Å². The molecule has 0 saturated heterocycles. The standard InChI is InChI=1S/C15H19BrN2S/c1-5-13-10(3)19-15(18-13)14(17-4)11-6-7-12(16)9(2)8-11/h6-8,14,17H,5H2,1-4H3. The molecule has 1 atom stereocenters. The molecule has 1 N–H and O–H groups in total. The molecule has 0 bridgehead atoms. The van der Waals surface area contributed by atoms with Crippen LogP contribution in [0.1, 0.15) is 39.7 Å². The first-order chi connectivity index (χ1) is 9.06. The normalized spacial score (nSPS) is 12.7. The van der Waals surface area contributed by atoms with E-state index in [1.54, 1.807) is 11.3 Å². The molecule has 0 aliphatic rings. The number of benzene rings is 1. The average Bonchev–Trinajstić information content (AvgIpc) is 2.75. The zero-order valence-corrected chi connectivity index (χ0v) is 14.2. The summed E-state index contributed by atoms with van der Waals surface area (Å²) in [4.78, 5) is 6.10. The van der Waals surface area contributed by atoms with E-state index in [1.165, 1.54) is 21.7 Å². The maximum Gasteiger partial charge on any atom is 0.115 e. The molecule has 1 unspecified atom stereocenters. The minimum absolute atomic E-state index is 0.177. The van der Waals surface area contributed by atoms with E-state index in [0.717, 1.165) is 15.9 Å². The predicted molar refractivity (Wildman–Crippen MR) is 86.0 cm³/mol. The van der Waals surface area contributed by atoms with E-state index in [1.807, 2.05) is 7.05 Å². The highest BCUT2D eigenvalue weighted by Gasteiger charge is 2.18. The third kappa shape index (κ3) is 3.07. The minimum Gasteiger partial charge on any atom is -0.307 e. The smallest absolute Gasteiger partial charge is 0.115 e. The van der Waals surface area contributed by atoms with E-state index in [4.69, 9.17) is 4.98 Å². The van der Waals surface area contributed by atoms with Gasteiger partial charge in [0.25, 0.3) is 0 Å². The molecule has 2 aromatic rings. The van der Waals surface area contributed by atoms with E-state index < -0.39 is 0 Å². The molecule has 0 aliphatic heterocycles. The van der Waals surface area contributed by atoms with Crippen molar-refractivity contribution in [2.45, 2.75) is 33.2 Å². The summed E-state index contributed by atoms with van der Waals surface area (Å²) in [6.45, 7) is 6.43. The first-order valence-corrected chi connectivity index (χ1v) is 8.07. The average molecular weight is 339 g/mol. The van der Waals surface area contributed by atoms with Gasteiger partial charge in [-0.3, -0.25) is 0 Å². The quantitative estimate of drug-likeness (QED) is 0.893. The van der Waals surface area contributed by atoms with Crippen LogP contribution < -0.4 is 5.32 Å². The highest BCUT2D eigenvalue weighted by atomic mass is 79.9. The Morgan fingerprint density at radius 2 is 2.11 bits per heavy atom. The highest BCUT2D eigenvalue weighted by Crippen LogP contribution is 2.30. The van der Waals surface area contributed by atoms with Gasteiger partial charge in [0, 0.05) is 9.35 Å². The lowest BCUT2D eigenvalue weighted by molar-refractivity contribution is 0.682. The molecule has 0 saturated carbocycles. The first-order valence-electron chi connectivity index (χ1n) is 6.46. The SMILES string of the molecule is CCc1nc(C(NC)c2ccc(Br)c(C)c2)sc1C. The van der Waals surface area contributed by atoms with Crippen molar-refractivity contribution in [1.29, 1.82) is 0 Å². The fourth-order valence-corrected chi connectivity index (χ4v) is 3.58. The van der Waals surface area contributed by atoms with Gasteiger partial charge in [-0.25, -0.2) is 4.98 Å². The Balaban J connectivity index is 2.40. The Kier molecular flexibility index (Phi) is 4.76. The van der Waals surface area contributed by atoms with Crippen molar-refractivity contribution in [3.05, 3.63) is 49.4 Å². The lowest BCUT2D eigenvalue weighted by atomic mass is 10.1. The molecule has 0 spiro atoms. The third-order valence-corrected chi connectivity index (χ3v) is 5.26. The molecule has 102 valence electrons. The molecule has 2 nitrogen and oxygen atoms in total. The number of rotatable bonds is 4. The van der Waals surface area contributed by atoms with E-state index in [9.17, 15) is 0 Å². The van der Waals surface area contributed by atoms with Crippen molar-refractivity contribution in [1.82, 2.24) is 10.3 Å². The van der Waals surface area contributed by atoms with E-state index >= 15 is 0 Å². The van der Waals surface area contributed by atoms with Crippen LogP contribution in [0.15, 0.2) is 22.7 Å². The topological polar surface area (TPSA) is 24.9 Å². The van der Waals surface area contributed by atoms with Crippen molar-refractivity contribution in [2.24, 2.45) is 0 Å². The fourth-order valence-electron chi connectivity index (χ4n) is 2.18. The highest BCUT2D eigenvalue weighted by molar-refractivity contribution is 9.10. The van der Waals surface area contributed by atoms with Crippen LogP contribution in [-0.4, -0.2) is 12.0 Å². The molecule has 1 heterocycles. The van der Waals surface area contributed by atoms with E-state index in [2.05, 4.69) is 60.2 Å². The number of halogens is 1. The number of aromatic nitrogens is 1. The molecule has 0 fully saturated rings. The van der Waals surface area contributed by atoms with Gasteiger partial charge in [0.05, 0.1) is 11.7 Å². The second-order valence-corrected chi connectivity index (χ2v) is 6.73. The van der Waals surface area contributed by atoms with Crippen LogP contribution >= 0.6 is 27.3 Å². The van der Waals surface area contributed by atoms with Crippen molar-refractivity contribution < 1.29 is 0 Å². The van der Waals surface area contributed by atoms with Crippen LogP contribution in [0.4, 0.5) is 0 Å². The molecule has 0 amide bonds. The summed E-state index contributed by atoms with van der Waals surface area (Å²) in [7, 11) is 1.99. The molecule has 1 aromatic heterocycles. The Bertz CT molecular complexity index is 578. The lowest BCUT2D eigenvalue weighted by Crippen LogP contribution is -2.17. The Morgan fingerprint density at radius 3 is 2.63 bits per heavy atom. The van der Waals surface area contributed by atoms with E-state index in [0.29, 0.717) is 0 Å². The van der Waals surface area contributed by atoms with Gasteiger partial charge in [-0.1, -0.05) is 35.0 Å². The van der Waals surface area contributed by atoms with Crippen LogP contribution in [-0.2, 0) is 6.42 Å². The van der Waals surface area contributed by atoms with Gasteiger partial charge in [-0.05, 0) is 44.5 Å². The maximum absolute atomic E-state index is 4.77. The Morgan fingerprint density at radius 1 is 1.37 bits per heavy atom. The summed E-state index contributed by atoms with van der Waals surface area (Å²) in [5.74, 6) is 0. The Hall–Kier alpha value is -0.710. The molecular weight excluding hydrogens is 320 g/mol. The molecule has 2 rings (SSSR count). The van der Waals surface area contributed by atoms with Crippen LogP contribution in [0, 0.1) is 13.8 Å². The Labute approximate surface area is 127 Å². The van der Waals surface area contributed by atoms with Crippen molar-refractivity contribution in [3.8, 4) is 0 Å². The van der Waals surface area contributed by atoms with Crippen LogP contribution in [0.25, 0.3) is 0 Å². The van der Waals surface area contributed by atoms with Gasteiger partial charge >= 0.3 is 0 Å². The number of nitrogens with zero attached hydrogens (tertiary/aromatic N) is 1. The number of hydrogen-bond acceptors (Lipinski definition) is 3. The van der Waals surface area contributed by atoms with Crippen molar-refractivity contribution in [2.75, 3.05) is 7.05 Å². The monoisotopic (exact) mass is 338 g/mol. The summed E-state index contributed by atoms with van der Waals surface area (Å²) in [5.41, 5.74) is 3.73. The van der Waals surface area contributed by atoms with Gasteiger partial charge in [0.15, 0.2) is 0 Å². The largest absolute Gasteiger partial charge is 0.307 e. The second kappa shape index (κ2) is 6.16. The summed E-state index contributed by atoms with van der Waals surface area (Å²) < 4.78 is 1.15. The first kappa shape index (κ1) is 14.7. The summed E-state index contributed by atoms with van der Waals surface area (Å²) in [6, 6.07) is 6.65. The zero-order chi connectivity index (χ0) is 14.0. The van der Waals surface area contributed by atoms with Crippen molar-refractivity contribution >= 4 is 27.3 Å². The van der Waals surface area contributed by atoms with Gasteiger partial charge in [0.2, 0.25) is 0 Å². The van der Waals surface area contributed by atoms with Gasteiger partial charge < -0.3 is 5.32 Å². The van der Waals surface area contributed by atoms with Gasteiger partial charge in [-0.2, -0.15) is 0 Å². The molecule has 0 radical (unpaired) electrons. The maximum atomic E-state index is 4.77. The molecule has 4 heteroatoms. The molecule has 0 aliphatic carbocycles. The van der Waals surface area contributed by atoms with Gasteiger partial charge in [0.1, 0.15) is 5.01 Å². The predicted octanol–water partition coefficient (Wildman–Crippen LogP) is 4.39. The summed E-state index contributed by atoms with van der Waals surface area (Å²) in [6.07, 6.45) is 0.998. The molecule has 1 aromatic carbocycles. The van der Waals surface area contributed by atoms with Crippen molar-refractivity contribution in [3.63, 3.8) is 0 Å². The minimum atomic E-state index is 0.177. The third-order valence-electron chi connectivity index (χ3n) is 3.30. The summed E-state index contributed by atoms with van der Waals surface area (Å²) >= 11 is 5.34.